The standard InChI is InChI=1S/C10H27N4.BrH/c1-14(8-2-5-11,9-3-6-12)10-4-7-13;/h2-13H2,1H3;1H/q+1;/p-1. The third-order valence-electron chi connectivity index (χ3n) is 2.71. The Morgan fingerprint density at radius 3 is 1.20 bits per heavy atom. The van der Waals surface area contributed by atoms with Crippen LogP contribution in [0.25, 0.3) is 0 Å². The van der Waals surface area contributed by atoms with Gasteiger partial charge < -0.3 is 38.7 Å². The van der Waals surface area contributed by atoms with Crippen LogP contribution in [0.3, 0.4) is 0 Å². The van der Waals surface area contributed by atoms with Crippen molar-refractivity contribution in [2.24, 2.45) is 17.2 Å². The first-order valence-corrected chi connectivity index (χ1v) is 5.62. The van der Waals surface area contributed by atoms with Crippen molar-refractivity contribution in [3.8, 4) is 0 Å². The third-order valence-corrected chi connectivity index (χ3v) is 2.71. The van der Waals surface area contributed by atoms with E-state index < -0.39 is 0 Å². The molecule has 0 amide bonds. The van der Waals surface area contributed by atoms with E-state index in [9.17, 15) is 0 Å². The maximum absolute atomic E-state index is 5.53. The molecule has 0 heterocycles. The zero-order valence-electron chi connectivity index (χ0n) is 9.92. The summed E-state index contributed by atoms with van der Waals surface area (Å²) in [6.07, 6.45) is 3.27. The van der Waals surface area contributed by atoms with Crippen molar-refractivity contribution in [1.29, 1.82) is 0 Å². The second kappa shape index (κ2) is 10.8. The molecular formula is C10H27BrN4. The van der Waals surface area contributed by atoms with Crippen molar-refractivity contribution in [2.75, 3.05) is 46.3 Å². The average molecular weight is 283 g/mol. The topological polar surface area (TPSA) is 78.1 Å². The van der Waals surface area contributed by atoms with E-state index in [1.54, 1.807) is 0 Å². The molecule has 0 bridgehead atoms. The van der Waals surface area contributed by atoms with Gasteiger partial charge in [0, 0.05) is 19.3 Å². The molecule has 0 aliphatic heterocycles. The summed E-state index contributed by atoms with van der Waals surface area (Å²) >= 11 is 0. The van der Waals surface area contributed by atoms with E-state index in [0.717, 1.165) is 63.0 Å². The van der Waals surface area contributed by atoms with Crippen molar-refractivity contribution in [3.05, 3.63) is 0 Å². The van der Waals surface area contributed by atoms with Crippen molar-refractivity contribution in [2.45, 2.75) is 19.3 Å². The number of halogens is 1. The van der Waals surface area contributed by atoms with Gasteiger partial charge in [0.05, 0.1) is 26.7 Å². The lowest BCUT2D eigenvalue weighted by Crippen LogP contribution is -3.00. The summed E-state index contributed by atoms with van der Waals surface area (Å²) in [7, 11) is 2.28. The highest BCUT2D eigenvalue weighted by Crippen LogP contribution is 2.06. The number of nitrogens with two attached hydrogens (primary N) is 3. The van der Waals surface area contributed by atoms with Gasteiger partial charge >= 0.3 is 0 Å². The Balaban J connectivity index is 0. The minimum absolute atomic E-state index is 0. The first-order valence-electron chi connectivity index (χ1n) is 5.62. The molecule has 4 nitrogen and oxygen atoms in total. The zero-order chi connectivity index (χ0) is 10.9. The van der Waals surface area contributed by atoms with Gasteiger partial charge in [-0.1, -0.05) is 0 Å². The van der Waals surface area contributed by atoms with E-state index in [1.165, 1.54) is 0 Å². The van der Waals surface area contributed by atoms with Crippen LogP contribution in [0.4, 0.5) is 0 Å². The summed E-state index contributed by atoms with van der Waals surface area (Å²) in [5.41, 5.74) is 16.6. The lowest BCUT2D eigenvalue weighted by molar-refractivity contribution is -0.909. The van der Waals surface area contributed by atoms with Crippen LogP contribution in [-0.2, 0) is 0 Å². The first kappa shape index (κ1) is 17.7. The van der Waals surface area contributed by atoms with Crippen LogP contribution in [0, 0.1) is 0 Å². The van der Waals surface area contributed by atoms with E-state index in [2.05, 4.69) is 7.05 Å². The third kappa shape index (κ3) is 9.26. The van der Waals surface area contributed by atoms with Crippen LogP contribution >= 0.6 is 0 Å². The molecule has 0 atom stereocenters. The molecule has 0 fully saturated rings. The maximum Gasteiger partial charge on any atom is 0.0796 e. The van der Waals surface area contributed by atoms with E-state index >= 15 is 0 Å². The van der Waals surface area contributed by atoms with Crippen molar-refractivity contribution in [1.82, 2.24) is 0 Å². The fourth-order valence-corrected chi connectivity index (χ4v) is 1.75. The van der Waals surface area contributed by atoms with Crippen molar-refractivity contribution >= 4 is 0 Å². The monoisotopic (exact) mass is 282 g/mol. The van der Waals surface area contributed by atoms with Crippen LogP contribution in [0.15, 0.2) is 0 Å². The fraction of sp³-hybridized carbons (Fsp3) is 1.00. The summed E-state index contributed by atoms with van der Waals surface area (Å²) in [6, 6.07) is 0. The highest BCUT2D eigenvalue weighted by molar-refractivity contribution is 4.46. The fourth-order valence-electron chi connectivity index (χ4n) is 1.75. The quantitative estimate of drug-likeness (QED) is 0.384. The zero-order valence-corrected chi connectivity index (χ0v) is 11.5. The Labute approximate surface area is 105 Å². The smallest absolute Gasteiger partial charge is 0.0796 e. The Kier molecular flexibility index (Phi) is 12.8. The van der Waals surface area contributed by atoms with Gasteiger partial charge in [0.25, 0.3) is 0 Å². The maximum atomic E-state index is 5.53. The molecule has 0 radical (unpaired) electrons. The molecule has 6 N–H and O–H groups in total. The van der Waals surface area contributed by atoms with Crippen LogP contribution < -0.4 is 34.2 Å². The van der Waals surface area contributed by atoms with Crippen molar-refractivity contribution < 1.29 is 21.5 Å². The van der Waals surface area contributed by atoms with Gasteiger partial charge in [0.2, 0.25) is 0 Å². The Morgan fingerprint density at radius 2 is 1.00 bits per heavy atom. The Morgan fingerprint density at radius 1 is 0.733 bits per heavy atom. The molecule has 94 valence electrons. The van der Waals surface area contributed by atoms with Gasteiger partial charge in [0.15, 0.2) is 0 Å². The van der Waals surface area contributed by atoms with Crippen LogP contribution in [0.1, 0.15) is 19.3 Å². The molecule has 5 heteroatoms. The van der Waals surface area contributed by atoms with E-state index in [1.807, 2.05) is 0 Å². The molecule has 0 aromatic rings. The molecule has 0 saturated carbocycles. The van der Waals surface area contributed by atoms with Crippen LogP contribution in [-0.4, -0.2) is 50.8 Å². The van der Waals surface area contributed by atoms with Crippen LogP contribution in [0.5, 0.6) is 0 Å². The van der Waals surface area contributed by atoms with Gasteiger partial charge in [-0.2, -0.15) is 0 Å². The molecule has 0 rings (SSSR count). The number of quaternary nitrogens is 1. The van der Waals surface area contributed by atoms with Gasteiger partial charge in [-0.25, -0.2) is 0 Å². The first-order chi connectivity index (χ1) is 6.68. The predicted octanol–water partition coefficient (Wildman–Crippen LogP) is -3.52. The second-order valence-corrected chi connectivity index (χ2v) is 4.22. The van der Waals surface area contributed by atoms with E-state index in [-0.39, 0.29) is 17.0 Å². The highest BCUT2D eigenvalue weighted by atomic mass is 79.9. The molecular weight excluding hydrogens is 256 g/mol. The van der Waals surface area contributed by atoms with E-state index in [0.29, 0.717) is 0 Å². The van der Waals surface area contributed by atoms with Crippen LogP contribution in [0.2, 0.25) is 0 Å². The lowest BCUT2D eigenvalue weighted by Gasteiger charge is -2.34. The number of hydrogen-bond donors (Lipinski definition) is 3. The second-order valence-electron chi connectivity index (χ2n) is 4.22. The number of rotatable bonds is 9. The minimum atomic E-state index is 0. The normalized spacial score (nSPS) is 11.2. The number of hydrogen-bond acceptors (Lipinski definition) is 3. The average Bonchev–Trinajstić information content (AvgIpc) is 2.21. The Hall–Kier alpha value is 0.320. The molecule has 0 aliphatic carbocycles. The lowest BCUT2D eigenvalue weighted by atomic mass is 10.2. The molecule has 0 spiro atoms. The molecule has 0 saturated heterocycles. The summed E-state index contributed by atoms with van der Waals surface area (Å²) in [5, 5.41) is 0. The highest BCUT2D eigenvalue weighted by Gasteiger charge is 2.19. The summed E-state index contributed by atoms with van der Waals surface area (Å²) in [4.78, 5) is 0. The molecule has 0 aromatic carbocycles. The van der Waals surface area contributed by atoms with E-state index in [4.69, 9.17) is 17.2 Å². The molecule has 0 aromatic heterocycles. The van der Waals surface area contributed by atoms with Gasteiger partial charge in [-0.05, 0) is 19.6 Å². The molecule has 0 unspecified atom stereocenters. The predicted molar refractivity (Wildman–Crippen MR) is 61.8 cm³/mol. The Bertz CT molecular complexity index is 111. The number of nitrogens with zero attached hydrogens (tertiary/aromatic N) is 1. The molecule has 15 heavy (non-hydrogen) atoms. The minimum Gasteiger partial charge on any atom is -1.00 e. The summed E-state index contributed by atoms with van der Waals surface area (Å²) < 4.78 is 1.08. The largest absolute Gasteiger partial charge is 1.00 e. The van der Waals surface area contributed by atoms with Gasteiger partial charge in [-0.3, -0.25) is 0 Å². The van der Waals surface area contributed by atoms with Gasteiger partial charge in [0.1, 0.15) is 0 Å². The van der Waals surface area contributed by atoms with Crippen molar-refractivity contribution in [3.63, 3.8) is 0 Å². The van der Waals surface area contributed by atoms with Gasteiger partial charge in [-0.15, -0.1) is 0 Å². The summed E-state index contributed by atoms with van der Waals surface area (Å²) in [5.74, 6) is 0. The summed E-state index contributed by atoms with van der Waals surface area (Å²) in [6.45, 7) is 5.78. The SMILES string of the molecule is C[N+](CCCN)(CCCN)CCCN.[Br-]. The molecule has 0 aliphatic rings.